The van der Waals surface area contributed by atoms with Crippen LogP contribution in [0.5, 0.6) is 0 Å². The van der Waals surface area contributed by atoms with Gasteiger partial charge in [0.2, 0.25) is 0 Å². The number of rotatable bonds is 0. The highest BCUT2D eigenvalue weighted by atomic mass is 16.3. The van der Waals surface area contributed by atoms with E-state index in [0.29, 0.717) is 36.4 Å². The third-order valence-electron chi connectivity index (χ3n) is 8.69. The Kier molecular flexibility index (Phi) is 3.46. The van der Waals surface area contributed by atoms with Crippen molar-refractivity contribution >= 4 is 11.6 Å². The second-order valence-corrected chi connectivity index (χ2v) is 9.46. The summed E-state index contributed by atoms with van der Waals surface area (Å²) in [7, 11) is 0. The van der Waals surface area contributed by atoms with E-state index in [9.17, 15) is 14.7 Å². The topological polar surface area (TPSA) is 54.4 Å². The molecule has 3 heteroatoms. The molecule has 3 saturated carbocycles. The summed E-state index contributed by atoms with van der Waals surface area (Å²) in [6.07, 6.45) is 9.19. The largest absolute Gasteiger partial charge is 0.382 e. The van der Waals surface area contributed by atoms with E-state index in [-0.39, 0.29) is 16.6 Å². The molecule has 0 aromatic carbocycles. The van der Waals surface area contributed by atoms with Crippen molar-refractivity contribution in [1.82, 2.24) is 0 Å². The van der Waals surface area contributed by atoms with E-state index in [4.69, 9.17) is 0 Å². The molecule has 3 nitrogen and oxygen atoms in total. The number of carbonyl (C=O) groups is 2. The minimum atomic E-state index is -1.18. The molecular weight excluding hydrogens is 300 g/mol. The molecule has 0 aliphatic heterocycles. The fraction of sp³-hybridized carbons (Fsp3) is 0.810. The van der Waals surface area contributed by atoms with Crippen LogP contribution in [0.25, 0.3) is 0 Å². The van der Waals surface area contributed by atoms with Gasteiger partial charge >= 0.3 is 0 Å². The number of allylic oxidation sites excluding steroid dienone is 2. The van der Waals surface area contributed by atoms with Gasteiger partial charge in [-0.3, -0.25) is 9.59 Å². The van der Waals surface area contributed by atoms with Crippen molar-refractivity contribution in [3.05, 3.63) is 11.6 Å². The van der Waals surface area contributed by atoms with Gasteiger partial charge in [-0.15, -0.1) is 0 Å². The number of hydrogen-bond donors (Lipinski definition) is 1. The predicted molar refractivity (Wildman–Crippen MR) is 92.3 cm³/mol. The number of Topliss-reactive ketones (excluding diaryl/α,β-unsaturated/α-hetero) is 1. The number of ketones is 2. The number of aliphatic hydroxyl groups is 1. The predicted octanol–water partition coefficient (Wildman–Crippen LogP) is 3.84. The van der Waals surface area contributed by atoms with Gasteiger partial charge in [0.1, 0.15) is 5.60 Å². The Morgan fingerprint density at radius 3 is 2.46 bits per heavy atom. The van der Waals surface area contributed by atoms with Crippen LogP contribution in [0.15, 0.2) is 11.6 Å². The van der Waals surface area contributed by atoms with Gasteiger partial charge in [-0.2, -0.15) is 0 Å². The fourth-order valence-electron chi connectivity index (χ4n) is 6.86. The summed E-state index contributed by atoms with van der Waals surface area (Å²) >= 11 is 0. The maximum Gasteiger partial charge on any atom is 0.164 e. The standard InChI is InChI=1S/C21H30O3/c1-19-10-8-14(22)12-13(19)4-5-15-16(19)9-11-20(2)17(15)6-7-18(23)21(20,3)24/h12,15-17,24H,4-11H2,1-3H3/t15-,16-,17+,19+,20+,21+/m1/s1. The molecule has 24 heavy (non-hydrogen) atoms. The van der Waals surface area contributed by atoms with E-state index in [1.165, 1.54) is 5.57 Å². The van der Waals surface area contributed by atoms with Gasteiger partial charge in [0.25, 0.3) is 0 Å². The minimum absolute atomic E-state index is 0.0329. The smallest absolute Gasteiger partial charge is 0.164 e. The second kappa shape index (κ2) is 5.03. The number of fused-ring (bicyclic) bond motifs is 5. The van der Waals surface area contributed by atoms with Crippen molar-refractivity contribution in [2.75, 3.05) is 0 Å². The highest BCUT2D eigenvalue weighted by Crippen LogP contribution is 2.65. The maximum absolute atomic E-state index is 12.4. The average Bonchev–Trinajstić information content (AvgIpc) is 2.52. The van der Waals surface area contributed by atoms with Crippen LogP contribution in [0.1, 0.15) is 72.1 Å². The van der Waals surface area contributed by atoms with Crippen LogP contribution in [-0.2, 0) is 9.59 Å². The molecule has 0 aromatic rings. The minimum Gasteiger partial charge on any atom is -0.382 e. The molecular formula is C21H30O3. The molecule has 0 saturated heterocycles. The second-order valence-electron chi connectivity index (χ2n) is 9.46. The lowest BCUT2D eigenvalue weighted by molar-refractivity contribution is -0.188. The molecule has 0 amide bonds. The first-order valence-electron chi connectivity index (χ1n) is 9.70. The third kappa shape index (κ3) is 1.94. The Bertz CT molecular complexity index is 631. The molecule has 4 rings (SSSR count). The van der Waals surface area contributed by atoms with Gasteiger partial charge < -0.3 is 5.11 Å². The molecule has 3 fully saturated rings. The van der Waals surface area contributed by atoms with Crippen LogP contribution >= 0.6 is 0 Å². The van der Waals surface area contributed by atoms with Crippen molar-refractivity contribution in [3.63, 3.8) is 0 Å². The van der Waals surface area contributed by atoms with Crippen LogP contribution in [0, 0.1) is 28.6 Å². The van der Waals surface area contributed by atoms with Gasteiger partial charge in [0, 0.05) is 18.3 Å². The molecule has 0 aromatic heterocycles. The van der Waals surface area contributed by atoms with Crippen molar-refractivity contribution in [2.24, 2.45) is 28.6 Å². The Morgan fingerprint density at radius 2 is 1.71 bits per heavy atom. The summed E-state index contributed by atoms with van der Waals surface area (Å²) in [6, 6.07) is 0. The van der Waals surface area contributed by atoms with Crippen molar-refractivity contribution in [2.45, 2.75) is 77.7 Å². The SMILES string of the molecule is C[C@]12CCC(=O)C=C1CC[C@@H]1[C@H]2CC[C@@]2(C)[C@H]1CCC(=O)[C@]2(C)O. The molecule has 1 N–H and O–H groups in total. The van der Waals surface area contributed by atoms with Crippen molar-refractivity contribution in [1.29, 1.82) is 0 Å². The lowest BCUT2D eigenvalue weighted by Crippen LogP contribution is -2.63. The Labute approximate surface area is 144 Å². The van der Waals surface area contributed by atoms with E-state index in [2.05, 4.69) is 13.8 Å². The first-order valence-corrected chi connectivity index (χ1v) is 9.70. The van der Waals surface area contributed by atoms with Crippen LogP contribution in [0.3, 0.4) is 0 Å². The summed E-state index contributed by atoms with van der Waals surface area (Å²) in [6.45, 7) is 6.29. The lowest BCUT2D eigenvalue weighted by atomic mass is 9.42. The molecule has 0 spiro atoms. The van der Waals surface area contributed by atoms with Gasteiger partial charge in [0.15, 0.2) is 11.6 Å². The molecule has 0 bridgehead atoms. The lowest BCUT2D eigenvalue weighted by Gasteiger charge is -2.62. The summed E-state index contributed by atoms with van der Waals surface area (Å²) in [4.78, 5) is 24.2. The summed E-state index contributed by atoms with van der Waals surface area (Å²) in [5, 5.41) is 11.0. The zero-order valence-corrected chi connectivity index (χ0v) is 15.2. The summed E-state index contributed by atoms with van der Waals surface area (Å²) in [5.74, 6) is 1.95. The molecule has 4 aliphatic rings. The zero-order valence-electron chi connectivity index (χ0n) is 15.2. The Morgan fingerprint density at radius 1 is 0.958 bits per heavy atom. The van der Waals surface area contributed by atoms with E-state index in [1.807, 2.05) is 6.08 Å². The molecule has 4 aliphatic carbocycles. The Hall–Kier alpha value is -0.960. The monoisotopic (exact) mass is 330 g/mol. The van der Waals surface area contributed by atoms with E-state index in [0.717, 1.165) is 38.5 Å². The first-order chi connectivity index (χ1) is 11.2. The van der Waals surface area contributed by atoms with E-state index >= 15 is 0 Å². The Balaban J connectivity index is 1.71. The van der Waals surface area contributed by atoms with Gasteiger partial charge in [-0.1, -0.05) is 19.4 Å². The average molecular weight is 330 g/mol. The van der Waals surface area contributed by atoms with Crippen LogP contribution in [0.4, 0.5) is 0 Å². The molecule has 0 radical (unpaired) electrons. The maximum atomic E-state index is 12.4. The molecule has 6 atom stereocenters. The molecule has 0 heterocycles. The number of hydrogen-bond acceptors (Lipinski definition) is 3. The molecule has 132 valence electrons. The highest BCUT2D eigenvalue weighted by molar-refractivity contribution is 5.91. The van der Waals surface area contributed by atoms with Crippen LogP contribution in [0.2, 0.25) is 0 Å². The number of carbonyl (C=O) groups excluding carboxylic acids is 2. The van der Waals surface area contributed by atoms with Gasteiger partial charge in [-0.25, -0.2) is 0 Å². The highest BCUT2D eigenvalue weighted by Gasteiger charge is 2.63. The van der Waals surface area contributed by atoms with Crippen LogP contribution in [-0.4, -0.2) is 22.3 Å². The van der Waals surface area contributed by atoms with E-state index in [1.54, 1.807) is 6.92 Å². The van der Waals surface area contributed by atoms with Gasteiger partial charge in [-0.05, 0) is 74.7 Å². The first kappa shape index (κ1) is 16.5. The fourth-order valence-corrected chi connectivity index (χ4v) is 6.86. The molecule has 0 unspecified atom stereocenters. The van der Waals surface area contributed by atoms with Crippen molar-refractivity contribution in [3.8, 4) is 0 Å². The van der Waals surface area contributed by atoms with Crippen molar-refractivity contribution < 1.29 is 14.7 Å². The van der Waals surface area contributed by atoms with Crippen LogP contribution < -0.4 is 0 Å². The zero-order chi connectivity index (χ0) is 17.3. The normalized spacial score (nSPS) is 51.3. The third-order valence-corrected chi connectivity index (χ3v) is 8.69. The summed E-state index contributed by atoms with van der Waals surface area (Å²) < 4.78 is 0. The summed E-state index contributed by atoms with van der Waals surface area (Å²) in [5.41, 5.74) is 0.0690. The quantitative estimate of drug-likeness (QED) is 0.734. The van der Waals surface area contributed by atoms with E-state index < -0.39 is 5.60 Å². The van der Waals surface area contributed by atoms with Gasteiger partial charge in [0.05, 0.1) is 0 Å².